The van der Waals surface area contributed by atoms with E-state index in [1.54, 1.807) is 19.1 Å². The first kappa shape index (κ1) is 16.6. The number of nitrogens with zero attached hydrogens (tertiary/aromatic N) is 3. The zero-order valence-corrected chi connectivity index (χ0v) is 15.0. The third kappa shape index (κ3) is 3.62. The molecule has 1 aromatic carbocycles. The molecule has 0 fully saturated rings. The number of rotatable bonds is 5. The fourth-order valence-corrected chi connectivity index (χ4v) is 3.12. The van der Waals surface area contributed by atoms with Gasteiger partial charge in [-0.1, -0.05) is 33.8 Å². The van der Waals surface area contributed by atoms with Crippen LogP contribution in [0.25, 0.3) is 11.6 Å². The van der Waals surface area contributed by atoms with Gasteiger partial charge in [0.25, 0.3) is 0 Å². The van der Waals surface area contributed by atoms with E-state index in [0.29, 0.717) is 22.4 Å². The second-order valence-corrected chi connectivity index (χ2v) is 7.14. The Labute approximate surface area is 150 Å². The summed E-state index contributed by atoms with van der Waals surface area (Å²) >= 11 is 4.59. The number of carbonyl (C=O) groups is 1. The standard InChI is InChI=1S/C15H14BrN5O2S/c1-9(14(22)18-11-5-2-4-10(16)8-11)24-15-20-19-13(21(15)17)12-6-3-7-23-12/h2-9H,17H2,1H3,(H,18,22)/t9-/m0/s1. The van der Waals surface area contributed by atoms with Crippen LogP contribution >= 0.6 is 27.7 Å². The van der Waals surface area contributed by atoms with E-state index >= 15 is 0 Å². The maximum Gasteiger partial charge on any atom is 0.237 e. The van der Waals surface area contributed by atoms with E-state index < -0.39 is 5.25 Å². The number of hydrogen-bond acceptors (Lipinski definition) is 6. The van der Waals surface area contributed by atoms with Crippen LogP contribution in [0.4, 0.5) is 5.69 Å². The highest BCUT2D eigenvalue weighted by molar-refractivity contribution is 9.10. The van der Waals surface area contributed by atoms with Crippen LogP contribution in [0.5, 0.6) is 0 Å². The van der Waals surface area contributed by atoms with Crippen LogP contribution in [0.1, 0.15) is 6.92 Å². The number of nitrogen functional groups attached to an aromatic ring is 1. The minimum Gasteiger partial charge on any atom is -0.461 e. The number of thioether (sulfide) groups is 1. The first-order chi connectivity index (χ1) is 11.5. The predicted molar refractivity (Wildman–Crippen MR) is 96.0 cm³/mol. The van der Waals surface area contributed by atoms with Crippen LogP contribution < -0.4 is 11.2 Å². The molecule has 0 radical (unpaired) electrons. The van der Waals surface area contributed by atoms with Crippen molar-refractivity contribution in [2.24, 2.45) is 0 Å². The van der Waals surface area contributed by atoms with E-state index in [2.05, 4.69) is 31.4 Å². The van der Waals surface area contributed by atoms with Gasteiger partial charge in [-0.3, -0.25) is 4.79 Å². The molecule has 1 atom stereocenters. The van der Waals surface area contributed by atoms with Crippen LogP contribution in [-0.4, -0.2) is 26.0 Å². The van der Waals surface area contributed by atoms with Crippen molar-refractivity contribution in [3.8, 4) is 11.6 Å². The fraction of sp³-hybridized carbons (Fsp3) is 0.133. The number of aromatic nitrogens is 3. The SMILES string of the molecule is C[C@H](Sc1nnc(-c2ccco2)n1N)C(=O)Nc1cccc(Br)c1. The average Bonchev–Trinajstić information content (AvgIpc) is 3.18. The Balaban J connectivity index is 1.68. The van der Waals surface area contributed by atoms with Gasteiger partial charge in [-0.15, -0.1) is 10.2 Å². The predicted octanol–water partition coefficient (Wildman–Crippen LogP) is 3.13. The summed E-state index contributed by atoms with van der Waals surface area (Å²) in [5, 5.41) is 10.9. The molecule has 1 amide bonds. The number of hydrogen-bond donors (Lipinski definition) is 2. The van der Waals surface area contributed by atoms with E-state index in [9.17, 15) is 4.79 Å². The molecule has 3 rings (SSSR count). The molecular formula is C15H14BrN5O2S. The molecule has 3 N–H and O–H groups in total. The van der Waals surface area contributed by atoms with Crippen molar-refractivity contribution in [2.75, 3.05) is 11.2 Å². The summed E-state index contributed by atoms with van der Waals surface area (Å²) < 4.78 is 7.47. The summed E-state index contributed by atoms with van der Waals surface area (Å²) in [4.78, 5) is 12.3. The topological polar surface area (TPSA) is 99.0 Å². The van der Waals surface area contributed by atoms with Crippen molar-refractivity contribution in [1.29, 1.82) is 0 Å². The fourth-order valence-electron chi connectivity index (χ4n) is 1.95. The van der Waals surface area contributed by atoms with Gasteiger partial charge in [-0.25, -0.2) is 4.68 Å². The van der Waals surface area contributed by atoms with Crippen molar-refractivity contribution in [1.82, 2.24) is 14.9 Å². The molecular weight excluding hydrogens is 394 g/mol. The number of halogens is 1. The van der Waals surface area contributed by atoms with Crippen LogP contribution in [0.3, 0.4) is 0 Å². The van der Waals surface area contributed by atoms with Gasteiger partial charge in [0.1, 0.15) is 0 Å². The lowest BCUT2D eigenvalue weighted by molar-refractivity contribution is -0.115. The van der Waals surface area contributed by atoms with Crippen LogP contribution in [0.2, 0.25) is 0 Å². The van der Waals surface area contributed by atoms with Gasteiger partial charge >= 0.3 is 0 Å². The quantitative estimate of drug-likeness (QED) is 0.497. The van der Waals surface area contributed by atoms with Gasteiger partial charge in [0, 0.05) is 10.2 Å². The van der Waals surface area contributed by atoms with Crippen molar-refractivity contribution >= 4 is 39.3 Å². The Morgan fingerprint density at radius 3 is 2.92 bits per heavy atom. The molecule has 124 valence electrons. The van der Waals surface area contributed by atoms with Crippen LogP contribution in [0, 0.1) is 0 Å². The van der Waals surface area contributed by atoms with Gasteiger partial charge in [0.05, 0.1) is 11.5 Å². The Hall–Kier alpha value is -2.26. The molecule has 2 aromatic heterocycles. The molecule has 0 spiro atoms. The summed E-state index contributed by atoms with van der Waals surface area (Å²) in [5.74, 6) is 6.76. The van der Waals surface area contributed by atoms with Crippen molar-refractivity contribution in [3.05, 3.63) is 47.1 Å². The largest absolute Gasteiger partial charge is 0.461 e. The Bertz CT molecular complexity index is 849. The highest BCUT2D eigenvalue weighted by atomic mass is 79.9. The minimum atomic E-state index is -0.403. The zero-order chi connectivity index (χ0) is 17.1. The third-order valence-corrected chi connectivity index (χ3v) is 4.70. The number of nitrogens with one attached hydrogen (secondary N) is 1. The monoisotopic (exact) mass is 407 g/mol. The smallest absolute Gasteiger partial charge is 0.237 e. The summed E-state index contributed by atoms with van der Waals surface area (Å²) in [5.41, 5.74) is 0.715. The lowest BCUT2D eigenvalue weighted by atomic mass is 10.3. The number of amides is 1. The van der Waals surface area contributed by atoms with Gasteiger partial charge in [0.15, 0.2) is 5.76 Å². The van der Waals surface area contributed by atoms with Gasteiger partial charge < -0.3 is 15.6 Å². The Kier molecular flexibility index (Phi) is 4.91. The average molecular weight is 408 g/mol. The Morgan fingerprint density at radius 2 is 2.21 bits per heavy atom. The van der Waals surface area contributed by atoms with E-state index in [4.69, 9.17) is 10.3 Å². The molecule has 0 saturated heterocycles. The van der Waals surface area contributed by atoms with Crippen molar-refractivity contribution in [2.45, 2.75) is 17.3 Å². The summed E-state index contributed by atoms with van der Waals surface area (Å²) in [7, 11) is 0. The van der Waals surface area contributed by atoms with E-state index in [1.165, 1.54) is 22.7 Å². The van der Waals surface area contributed by atoms with Gasteiger partial charge in [-0.05, 0) is 37.3 Å². The number of benzene rings is 1. The van der Waals surface area contributed by atoms with Crippen LogP contribution in [0.15, 0.2) is 56.7 Å². The number of nitrogens with two attached hydrogens (primary N) is 1. The molecule has 0 aliphatic carbocycles. The van der Waals surface area contributed by atoms with E-state index in [1.807, 2.05) is 24.3 Å². The molecule has 2 heterocycles. The highest BCUT2D eigenvalue weighted by Gasteiger charge is 2.20. The molecule has 3 aromatic rings. The first-order valence-electron chi connectivity index (χ1n) is 7.02. The second kappa shape index (κ2) is 7.10. The summed E-state index contributed by atoms with van der Waals surface area (Å²) in [6.07, 6.45) is 1.53. The molecule has 0 bridgehead atoms. The number of carbonyl (C=O) groups excluding carboxylic acids is 1. The molecule has 0 aliphatic heterocycles. The molecule has 9 heteroatoms. The third-order valence-electron chi connectivity index (χ3n) is 3.15. The minimum absolute atomic E-state index is 0.152. The van der Waals surface area contributed by atoms with Gasteiger partial charge in [-0.2, -0.15) is 0 Å². The molecule has 0 saturated carbocycles. The van der Waals surface area contributed by atoms with Crippen molar-refractivity contribution < 1.29 is 9.21 Å². The summed E-state index contributed by atoms with van der Waals surface area (Å²) in [6, 6.07) is 10.9. The normalized spacial score (nSPS) is 12.1. The Morgan fingerprint density at radius 1 is 1.38 bits per heavy atom. The van der Waals surface area contributed by atoms with Crippen LogP contribution in [-0.2, 0) is 4.79 Å². The highest BCUT2D eigenvalue weighted by Crippen LogP contribution is 2.26. The molecule has 0 aliphatic rings. The van der Waals surface area contributed by atoms with Crippen molar-refractivity contribution in [3.63, 3.8) is 0 Å². The number of anilines is 1. The molecule has 7 nitrogen and oxygen atoms in total. The lowest BCUT2D eigenvalue weighted by Crippen LogP contribution is -2.23. The molecule has 24 heavy (non-hydrogen) atoms. The first-order valence-corrected chi connectivity index (χ1v) is 8.69. The number of furan rings is 1. The second-order valence-electron chi connectivity index (χ2n) is 4.91. The maximum absolute atomic E-state index is 12.3. The van der Waals surface area contributed by atoms with E-state index in [0.717, 1.165) is 4.47 Å². The summed E-state index contributed by atoms with van der Waals surface area (Å²) in [6.45, 7) is 1.78. The maximum atomic E-state index is 12.3. The molecule has 0 unspecified atom stereocenters. The zero-order valence-electron chi connectivity index (χ0n) is 12.6. The van der Waals surface area contributed by atoms with Gasteiger partial charge in [0.2, 0.25) is 16.9 Å². The lowest BCUT2D eigenvalue weighted by Gasteiger charge is -2.11. The van der Waals surface area contributed by atoms with E-state index in [-0.39, 0.29) is 5.91 Å².